The molecule has 1 fully saturated rings. The van der Waals surface area contributed by atoms with Gasteiger partial charge >= 0.3 is 0 Å². The summed E-state index contributed by atoms with van der Waals surface area (Å²) in [7, 11) is 0. The van der Waals surface area contributed by atoms with Gasteiger partial charge in [0.2, 0.25) is 0 Å². The maximum Gasteiger partial charge on any atom is 0.0583 e. The molecular weight excluding hydrogens is 282 g/mol. The van der Waals surface area contributed by atoms with Crippen LogP contribution in [0.2, 0.25) is 5.02 Å². The fourth-order valence-corrected chi connectivity index (χ4v) is 3.36. The molecule has 3 heteroatoms. The van der Waals surface area contributed by atoms with E-state index in [1.54, 1.807) is 0 Å². The van der Waals surface area contributed by atoms with Crippen LogP contribution in [0.4, 0.5) is 0 Å². The second-order valence-electron chi connectivity index (χ2n) is 6.29. The van der Waals surface area contributed by atoms with Gasteiger partial charge in [0, 0.05) is 5.02 Å². The van der Waals surface area contributed by atoms with Crippen LogP contribution in [-0.4, -0.2) is 25.3 Å². The first-order valence-corrected chi connectivity index (χ1v) is 8.65. The summed E-state index contributed by atoms with van der Waals surface area (Å²) in [4.78, 5) is 0. The van der Waals surface area contributed by atoms with Crippen LogP contribution in [0.1, 0.15) is 45.1 Å². The molecule has 0 spiro atoms. The molecule has 3 atom stereocenters. The number of hydrogen-bond acceptors (Lipinski definition) is 2. The lowest BCUT2D eigenvalue weighted by Crippen LogP contribution is -2.28. The molecule has 1 saturated heterocycles. The zero-order valence-electron chi connectivity index (χ0n) is 13.3. The van der Waals surface area contributed by atoms with Crippen molar-refractivity contribution in [3.05, 3.63) is 34.9 Å². The fraction of sp³-hybridized carbons (Fsp3) is 0.667. The second kappa shape index (κ2) is 8.77. The van der Waals surface area contributed by atoms with Crippen LogP contribution < -0.4 is 5.32 Å². The van der Waals surface area contributed by atoms with Crippen LogP contribution in [0.25, 0.3) is 0 Å². The van der Waals surface area contributed by atoms with Crippen molar-refractivity contribution in [1.29, 1.82) is 0 Å². The highest BCUT2D eigenvalue weighted by molar-refractivity contribution is 6.30. The quantitative estimate of drug-likeness (QED) is 0.716. The van der Waals surface area contributed by atoms with Gasteiger partial charge in [0.25, 0.3) is 0 Å². The molecule has 1 aromatic carbocycles. The molecule has 0 bridgehead atoms. The van der Waals surface area contributed by atoms with Crippen molar-refractivity contribution in [3.8, 4) is 0 Å². The number of hydrogen-bond donors (Lipinski definition) is 1. The van der Waals surface area contributed by atoms with E-state index >= 15 is 0 Å². The first-order valence-electron chi connectivity index (χ1n) is 8.28. The Labute approximate surface area is 134 Å². The molecule has 0 aromatic heterocycles. The summed E-state index contributed by atoms with van der Waals surface area (Å²) in [5.41, 5.74) is 1.33. The number of ether oxygens (including phenoxy) is 1. The topological polar surface area (TPSA) is 21.3 Å². The minimum absolute atomic E-state index is 0.436. The highest BCUT2D eigenvalue weighted by atomic mass is 35.5. The molecule has 3 unspecified atom stereocenters. The highest BCUT2D eigenvalue weighted by Crippen LogP contribution is 2.26. The summed E-state index contributed by atoms with van der Waals surface area (Å²) in [6.07, 6.45) is 6.69. The van der Waals surface area contributed by atoms with Crippen molar-refractivity contribution in [2.24, 2.45) is 5.92 Å². The van der Waals surface area contributed by atoms with Gasteiger partial charge < -0.3 is 10.1 Å². The monoisotopic (exact) mass is 309 g/mol. The smallest absolute Gasteiger partial charge is 0.0583 e. The Bertz CT molecular complexity index is 423. The van der Waals surface area contributed by atoms with Gasteiger partial charge in [-0.25, -0.2) is 0 Å². The van der Waals surface area contributed by atoms with Crippen LogP contribution in [-0.2, 0) is 11.2 Å². The maximum absolute atomic E-state index is 6.10. The predicted molar refractivity (Wildman–Crippen MR) is 90.0 cm³/mol. The molecule has 0 amide bonds. The Balaban J connectivity index is 1.91. The highest BCUT2D eigenvalue weighted by Gasteiger charge is 2.25. The van der Waals surface area contributed by atoms with E-state index in [1.807, 2.05) is 12.1 Å². The Hall–Kier alpha value is -0.570. The van der Waals surface area contributed by atoms with Crippen LogP contribution in [0.3, 0.4) is 0 Å². The van der Waals surface area contributed by atoms with E-state index in [-0.39, 0.29) is 0 Å². The Morgan fingerprint density at radius 3 is 2.90 bits per heavy atom. The van der Waals surface area contributed by atoms with Crippen LogP contribution >= 0.6 is 11.6 Å². The summed E-state index contributed by atoms with van der Waals surface area (Å²) < 4.78 is 6.01. The third-order valence-corrected chi connectivity index (χ3v) is 4.42. The van der Waals surface area contributed by atoms with E-state index in [9.17, 15) is 0 Å². The van der Waals surface area contributed by atoms with Gasteiger partial charge in [-0.2, -0.15) is 0 Å². The molecule has 2 rings (SSSR count). The average molecular weight is 310 g/mol. The summed E-state index contributed by atoms with van der Waals surface area (Å²) in [5.74, 6) is 0.616. The molecule has 1 heterocycles. The molecule has 2 nitrogen and oxygen atoms in total. The van der Waals surface area contributed by atoms with Crippen molar-refractivity contribution in [2.45, 2.75) is 58.2 Å². The standard InChI is InChI=1S/C18H28ClNO/c1-3-9-20-13-16(12-18-8-7-14(2)21-18)10-15-5-4-6-17(19)11-15/h4-6,11,14,16,18,20H,3,7-10,12-13H2,1-2H3. The lowest BCUT2D eigenvalue weighted by atomic mass is 9.92. The fourth-order valence-electron chi connectivity index (χ4n) is 3.15. The average Bonchev–Trinajstić information content (AvgIpc) is 2.84. The number of nitrogens with one attached hydrogen (secondary N) is 1. The number of rotatable bonds is 8. The van der Waals surface area contributed by atoms with Gasteiger partial charge in [0.15, 0.2) is 0 Å². The summed E-state index contributed by atoms with van der Waals surface area (Å²) in [5, 5.41) is 4.40. The maximum atomic E-state index is 6.10. The summed E-state index contributed by atoms with van der Waals surface area (Å²) in [6, 6.07) is 8.25. The molecule has 1 aliphatic heterocycles. The number of halogens is 1. The molecule has 1 N–H and O–H groups in total. The van der Waals surface area contributed by atoms with E-state index in [4.69, 9.17) is 16.3 Å². The minimum Gasteiger partial charge on any atom is -0.375 e. The summed E-state index contributed by atoms with van der Waals surface area (Å²) >= 11 is 6.10. The van der Waals surface area contributed by atoms with Gasteiger partial charge in [0.05, 0.1) is 12.2 Å². The zero-order valence-corrected chi connectivity index (χ0v) is 14.0. The Morgan fingerprint density at radius 2 is 2.24 bits per heavy atom. The molecular formula is C18H28ClNO. The molecule has 1 aromatic rings. The van der Waals surface area contributed by atoms with Crippen molar-refractivity contribution in [1.82, 2.24) is 5.32 Å². The second-order valence-corrected chi connectivity index (χ2v) is 6.72. The van der Waals surface area contributed by atoms with E-state index in [0.29, 0.717) is 18.1 Å². The van der Waals surface area contributed by atoms with E-state index in [0.717, 1.165) is 31.0 Å². The van der Waals surface area contributed by atoms with Crippen LogP contribution in [0, 0.1) is 5.92 Å². The van der Waals surface area contributed by atoms with Crippen molar-refractivity contribution >= 4 is 11.6 Å². The van der Waals surface area contributed by atoms with Crippen molar-refractivity contribution in [2.75, 3.05) is 13.1 Å². The first kappa shape index (κ1) is 16.8. The van der Waals surface area contributed by atoms with E-state index < -0.39 is 0 Å². The Kier molecular flexibility index (Phi) is 7.01. The van der Waals surface area contributed by atoms with Crippen molar-refractivity contribution in [3.63, 3.8) is 0 Å². The molecule has 0 saturated carbocycles. The minimum atomic E-state index is 0.436. The lowest BCUT2D eigenvalue weighted by molar-refractivity contribution is 0.0408. The third kappa shape index (κ3) is 5.98. The third-order valence-electron chi connectivity index (χ3n) is 4.19. The molecule has 0 radical (unpaired) electrons. The van der Waals surface area contributed by atoms with Gasteiger partial charge in [-0.15, -0.1) is 0 Å². The largest absolute Gasteiger partial charge is 0.375 e. The van der Waals surface area contributed by atoms with E-state index in [1.165, 1.54) is 24.8 Å². The van der Waals surface area contributed by atoms with Gasteiger partial charge in [-0.05, 0) is 75.7 Å². The Morgan fingerprint density at radius 1 is 1.38 bits per heavy atom. The van der Waals surface area contributed by atoms with Crippen LogP contribution in [0.15, 0.2) is 24.3 Å². The van der Waals surface area contributed by atoms with E-state index in [2.05, 4.69) is 31.3 Å². The lowest BCUT2D eigenvalue weighted by Gasteiger charge is -2.21. The predicted octanol–water partition coefficient (Wildman–Crippen LogP) is 4.46. The SMILES string of the molecule is CCCNCC(Cc1cccc(Cl)c1)CC1CCC(C)O1. The van der Waals surface area contributed by atoms with Gasteiger partial charge in [-0.1, -0.05) is 30.7 Å². The molecule has 21 heavy (non-hydrogen) atoms. The molecule has 1 aliphatic rings. The van der Waals surface area contributed by atoms with Crippen molar-refractivity contribution < 1.29 is 4.74 Å². The molecule has 0 aliphatic carbocycles. The number of benzene rings is 1. The van der Waals surface area contributed by atoms with Gasteiger partial charge in [0.1, 0.15) is 0 Å². The van der Waals surface area contributed by atoms with Gasteiger partial charge in [-0.3, -0.25) is 0 Å². The van der Waals surface area contributed by atoms with Crippen LogP contribution in [0.5, 0.6) is 0 Å². The first-order chi connectivity index (χ1) is 10.2. The molecule has 118 valence electrons. The summed E-state index contributed by atoms with van der Waals surface area (Å²) in [6.45, 7) is 6.55. The zero-order chi connectivity index (χ0) is 15.1. The normalized spacial score (nSPS) is 23.4.